The summed E-state index contributed by atoms with van der Waals surface area (Å²) in [6, 6.07) is 0. The largest absolute Gasteiger partial charge is 0.339 e. The number of hydrogen-bond donors (Lipinski definition) is 1. The van der Waals surface area contributed by atoms with Gasteiger partial charge in [0.15, 0.2) is 5.82 Å². The first-order valence-corrected chi connectivity index (χ1v) is 6.84. The van der Waals surface area contributed by atoms with E-state index in [-0.39, 0.29) is 0 Å². The Hall–Kier alpha value is -0.900. The molecule has 1 N–H and O–H groups in total. The maximum absolute atomic E-state index is 5.32. The summed E-state index contributed by atoms with van der Waals surface area (Å²) in [5.74, 6) is 2.43. The van der Waals surface area contributed by atoms with Gasteiger partial charge in [0.05, 0.1) is 0 Å². The summed E-state index contributed by atoms with van der Waals surface area (Å²) < 4.78 is 5.32. The minimum atomic E-state index is 0.759. The summed E-state index contributed by atoms with van der Waals surface area (Å²) in [6.45, 7) is 0.905. The van der Waals surface area contributed by atoms with Gasteiger partial charge in [-0.05, 0) is 25.8 Å². The normalized spacial score (nSPS) is 18.2. The molecule has 4 nitrogen and oxygen atoms in total. The van der Waals surface area contributed by atoms with E-state index in [1.165, 1.54) is 38.5 Å². The highest BCUT2D eigenvalue weighted by Gasteiger charge is 2.16. The molecule has 2 rings (SSSR count). The Morgan fingerprint density at radius 1 is 1.24 bits per heavy atom. The molecule has 17 heavy (non-hydrogen) atoms. The van der Waals surface area contributed by atoms with E-state index in [1.807, 2.05) is 7.05 Å². The van der Waals surface area contributed by atoms with Crippen molar-refractivity contribution in [2.75, 3.05) is 13.6 Å². The van der Waals surface area contributed by atoms with Crippen LogP contribution in [0, 0.1) is 5.92 Å². The third kappa shape index (κ3) is 4.11. The SMILES string of the molecule is CNCCc1noc(CC2CCCCCC2)n1. The van der Waals surface area contributed by atoms with Crippen LogP contribution in [0.5, 0.6) is 0 Å². The molecule has 0 aliphatic heterocycles. The fourth-order valence-electron chi connectivity index (χ4n) is 2.53. The van der Waals surface area contributed by atoms with Crippen molar-refractivity contribution in [3.63, 3.8) is 0 Å². The third-order valence-corrected chi connectivity index (χ3v) is 3.55. The molecule has 1 fully saturated rings. The Morgan fingerprint density at radius 3 is 2.71 bits per heavy atom. The molecule has 1 aromatic rings. The quantitative estimate of drug-likeness (QED) is 0.799. The van der Waals surface area contributed by atoms with Crippen molar-refractivity contribution >= 4 is 0 Å². The lowest BCUT2D eigenvalue weighted by atomic mass is 9.97. The predicted molar refractivity (Wildman–Crippen MR) is 66.8 cm³/mol. The van der Waals surface area contributed by atoms with Crippen LogP contribution in [0.15, 0.2) is 4.52 Å². The van der Waals surface area contributed by atoms with Gasteiger partial charge in [0.2, 0.25) is 5.89 Å². The lowest BCUT2D eigenvalue weighted by Gasteiger charge is -2.09. The molecule has 0 saturated heterocycles. The average molecular weight is 237 g/mol. The minimum Gasteiger partial charge on any atom is -0.339 e. The molecule has 1 heterocycles. The smallest absolute Gasteiger partial charge is 0.226 e. The van der Waals surface area contributed by atoms with Crippen molar-refractivity contribution in [3.8, 4) is 0 Å². The second-order valence-corrected chi connectivity index (χ2v) is 5.02. The van der Waals surface area contributed by atoms with Gasteiger partial charge in [0.25, 0.3) is 0 Å². The van der Waals surface area contributed by atoms with Gasteiger partial charge in [-0.15, -0.1) is 0 Å². The Morgan fingerprint density at radius 2 is 2.00 bits per heavy atom. The fraction of sp³-hybridized carbons (Fsp3) is 0.846. The van der Waals surface area contributed by atoms with Crippen LogP contribution < -0.4 is 5.32 Å². The van der Waals surface area contributed by atoms with Crippen LogP contribution in [0.1, 0.15) is 50.2 Å². The van der Waals surface area contributed by atoms with E-state index >= 15 is 0 Å². The Bertz CT molecular complexity index is 316. The first kappa shape index (κ1) is 12.6. The molecule has 0 aromatic carbocycles. The molecule has 0 atom stereocenters. The van der Waals surface area contributed by atoms with Crippen LogP contribution in [0.4, 0.5) is 0 Å². The number of hydrogen-bond acceptors (Lipinski definition) is 4. The molecule has 1 saturated carbocycles. The molecule has 0 spiro atoms. The maximum Gasteiger partial charge on any atom is 0.226 e. The van der Waals surface area contributed by atoms with E-state index in [0.29, 0.717) is 0 Å². The van der Waals surface area contributed by atoms with E-state index in [2.05, 4.69) is 15.5 Å². The van der Waals surface area contributed by atoms with E-state index in [1.54, 1.807) is 0 Å². The molecule has 0 radical (unpaired) electrons. The van der Waals surface area contributed by atoms with E-state index in [0.717, 1.165) is 37.0 Å². The van der Waals surface area contributed by atoms with Crippen LogP contribution in [0.2, 0.25) is 0 Å². The average Bonchev–Trinajstić information content (AvgIpc) is 2.61. The number of rotatable bonds is 5. The van der Waals surface area contributed by atoms with E-state index in [4.69, 9.17) is 4.52 Å². The van der Waals surface area contributed by atoms with Crippen LogP contribution in [0.3, 0.4) is 0 Å². The van der Waals surface area contributed by atoms with Gasteiger partial charge in [0.1, 0.15) is 0 Å². The van der Waals surface area contributed by atoms with Crippen LogP contribution in [0.25, 0.3) is 0 Å². The summed E-state index contributed by atoms with van der Waals surface area (Å²) in [5.41, 5.74) is 0. The second kappa shape index (κ2) is 6.74. The van der Waals surface area contributed by atoms with Crippen molar-refractivity contribution in [2.45, 2.75) is 51.4 Å². The predicted octanol–water partition coefficient (Wildman–Crippen LogP) is 2.34. The highest BCUT2D eigenvalue weighted by Crippen LogP contribution is 2.25. The molecule has 1 aromatic heterocycles. The Labute approximate surface area is 103 Å². The topological polar surface area (TPSA) is 51.0 Å². The van der Waals surface area contributed by atoms with E-state index in [9.17, 15) is 0 Å². The number of likely N-dealkylation sites (N-methyl/N-ethyl adjacent to an activating group) is 1. The molecular weight excluding hydrogens is 214 g/mol. The summed E-state index contributed by atoms with van der Waals surface area (Å²) in [7, 11) is 1.94. The third-order valence-electron chi connectivity index (χ3n) is 3.55. The molecule has 96 valence electrons. The Kier molecular flexibility index (Phi) is 4.98. The highest BCUT2D eigenvalue weighted by molar-refractivity contribution is 4.89. The monoisotopic (exact) mass is 237 g/mol. The van der Waals surface area contributed by atoms with Gasteiger partial charge in [-0.1, -0.05) is 30.8 Å². The summed E-state index contributed by atoms with van der Waals surface area (Å²) in [4.78, 5) is 4.45. The molecule has 1 aliphatic carbocycles. The van der Waals surface area contributed by atoms with Crippen molar-refractivity contribution in [1.29, 1.82) is 0 Å². The minimum absolute atomic E-state index is 0.759. The van der Waals surface area contributed by atoms with Crippen molar-refractivity contribution in [2.24, 2.45) is 5.92 Å². The zero-order chi connectivity index (χ0) is 11.9. The van der Waals surface area contributed by atoms with Gasteiger partial charge in [-0.3, -0.25) is 0 Å². The van der Waals surface area contributed by atoms with Crippen LogP contribution >= 0.6 is 0 Å². The summed E-state index contributed by atoms with van der Waals surface area (Å²) in [5, 5.41) is 7.11. The molecule has 1 aliphatic rings. The van der Waals surface area contributed by atoms with Crippen LogP contribution in [-0.2, 0) is 12.8 Å². The van der Waals surface area contributed by atoms with Crippen molar-refractivity contribution in [1.82, 2.24) is 15.5 Å². The Balaban J connectivity index is 1.82. The summed E-state index contributed by atoms with van der Waals surface area (Å²) in [6.07, 6.45) is 10.0. The highest BCUT2D eigenvalue weighted by atomic mass is 16.5. The standard InChI is InChI=1S/C13H23N3O/c1-14-9-8-12-15-13(17-16-12)10-11-6-4-2-3-5-7-11/h11,14H,2-10H2,1H3. The zero-order valence-electron chi connectivity index (χ0n) is 10.7. The van der Waals surface area contributed by atoms with Gasteiger partial charge in [-0.25, -0.2) is 0 Å². The van der Waals surface area contributed by atoms with Gasteiger partial charge in [0, 0.05) is 19.4 Å². The summed E-state index contributed by atoms with van der Waals surface area (Å²) >= 11 is 0. The maximum atomic E-state index is 5.32. The van der Waals surface area contributed by atoms with Crippen molar-refractivity contribution in [3.05, 3.63) is 11.7 Å². The van der Waals surface area contributed by atoms with Crippen LogP contribution in [-0.4, -0.2) is 23.7 Å². The number of nitrogens with one attached hydrogen (secondary N) is 1. The van der Waals surface area contributed by atoms with Crippen molar-refractivity contribution < 1.29 is 4.52 Å². The number of nitrogens with zero attached hydrogens (tertiary/aromatic N) is 2. The first-order valence-electron chi connectivity index (χ1n) is 6.84. The van der Waals surface area contributed by atoms with E-state index < -0.39 is 0 Å². The number of aromatic nitrogens is 2. The molecule has 0 bridgehead atoms. The first-order chi connectivity index (χ1) is 8.38. The lowest BCUT2D eigenvalue weighted by Crippen LogP contribution is -2.11. The molecule has 4 heteroatoms. The fourth-order valence-corrected chi connectivity index (χ4v) is 2.53. The second-order valence-electron chi connectivity index (χ2n) is 5.02. The van der Waals surface area contributed by atoms with Gasteiger partial charge < -0.3 is 9.84 Å². The molecular formula is C13H23N3O. The lowest BCUT2D eigenvalue weighted by molar-refractivity contribution is 0.336. The molecule has 0 unspecified atom stereocenters. The molecule has 0 amide bonds. The zero-order valence-corrected chi connectivity index (χ0v) is 10.7. The van der Waals surface area contributed by atoms with Gasteiger partial charge >= 0.3 is 0 Å². The van der Waals surface area contributed by atoms with Gasteiger partial charge in [-0.2, -0.15) is 4.98 Å².